The van der Waals surface area contributed by atoms with Gasteiger partial charge in [-0.2, -0.15) is 10.7 Å². The summed E-state index contributed by atoms with van der Waals surface area (Å²) in [5.74, 6) is -0.283. The third kappa shape index (κ3) is 6.41. The van der Waals surface area contributed by atoms with Crippen LogP contribution >= 0.6 is 0 Å². The number of carbonyl (C=O) groups is 1. The van der Waals surface area contributed by atoms with Crippen LogP contribution in [0.25, 0.3) is 6.08 Å². The number of nitriles is 1. The van der Waals surface area contributed by atoms with E-state index in [0.717, 1.165) is 19.3 Å². The Morgan fingerprint density at radius 1 is 1.39 bits per heavy atom. The summed E-state index contributed by atoms with van der Waals surface area (Å²) in [5.41, 5.74) is 2.99. The topological polar surface area (TPSA) is 91.6 Å². The Hall–Kier alpha value is -2.52. The molecule has 0 aliphatic carbocycles. The van der Waals surface area contributed by atoms with E-state index in [-0.39, 0.29) is 5.57 Å². The second-order valence-corrected chi connectivity index (χ2v) is 4.94. The molecule has 0 heterocycles. The van der Waals surface area contributed by atoms with Gasteiger partial charge < -0.3 is 14.7 Å². The largest absolute Gasteiger partial charge is 0.497 e. The molecule has 0 unspecified atom stereocenters. The molecule has 23 heavy (non-hydrogen) atoms. The van der Waals surface area contributed by atoms with Gasteiger partial charge in [0.05, 0.1) is 7.11 Å². The number of hydrogen-bond donors (Lipinski definition) is 2. The fraction of sp³-hybridized carbons (Fsp3) is 0.412. The molecule has 0 spiro atoms. The number of hydrogen-bond acceptors (Lipinski definition) is 5. The summed E-state index contributed by atoms with van der Waals surface area (Å²) in [5, 5.41) is 17.8. The molecule has 1 aromatic rings. The van der Waals surface area contributed by atoms with Gasteiger partial charge in [0.2, 0.25) is 0 Å². The molecular formula is C17H22N2O4. The highest BCUT2D eigenvalue weighted by molar-refractivity contribution is 5.96. The summed E-state index contributed by atoms with van der Waals surface area (Å²) in [6.07, 6.45) is 5.73. The summed E-state index contributed by atoms with van der Waals surface area (Å²) in [6, 6.07) is 6.61. The molecule has 0 amide bonds. The highest BCUT2D eigenvalue weighted by atomic mass is 16.6. The molecule has 0 saturated carbocycles. The van der Waals surface area contributed by atoms with Gasteiger partial charge in [0, 0.05) is 18.2 Å². The van der Waals surface area contributed by atoms with Gasteiger partial charge in [-0.15, -0.1) is 0 Å². The Bertz CT molecular complexity index is 591. The maximum Gasteiger partial charge on any atom is 0.346 e. The van der Waals surface area contributed by atoms with E-state index in [4.69, 9.17) is 19.9 Å². The second kappa shape index (κ2) is 10.2. The van der Waals surface area contributed by atoms with E-state index in [1.807, 2.05) is 0 Å². The SMILES string of the molecule is CCCCCCNOc1cc(OC)ccc1/C=C(\C#N)C(=O)O. The van der Waals surface area contributed by atoms with E-state index in [9.17, 15) is 4.79 Å². The van der Waals surface area contributed by atoms with Gasteiger partial charge in [-0.25, -0.2) is 4.79 Å². The molecule has 1 aromatic carbocycles. The number of rotatable bonds is 10. The van der Waals surface area contributed by atoms with Crippen molar-refractivity contribution in [3.8, 4) is 17.6 Å². The predicted octanol–water partition coefficient (Wildman–Crippen LogP) is 3.15. The number of ether oxygens (including phenoxy) is 1. The van der Waals surface area contributed by atoms with Gasteiger partial charge in [-0.05, 0) is 24.6 Å². The first-order valence-corrected chi connectivity index (χ1v) is 7.55. The zero-order valence-electron chi connectivity index (χ0n) is 13.5. The lowest BCUT2D eigenvalue weighted by molar-refractivity contribution is -0.132. The fourth-order valence-corrected chi connectivity index (χ4v) is 1.90. The quantitative estimate of drug-likeness (QED) is 0.298. The maximum atomic E-state index is 11.0. The van der Waals surface area contributed by atoms with Crippen molar-refractivity contribution in [2.75, 3.05) is 13.7 Å². The summed E-state index contributed by atoms with van der Waals surface area (Å²) in [7, 11) is 1.53. The molecular weight excluding hydrogens is 296 g/mol. The lowest BCUT2D eigenvalue weighted by Gasteiger charge is -2.11. The molecule has 0 radical (unpaired) electrons. The maximum absolute atomic E-state index is 11.0. The molecule has 0 atom stereocenters. The fourth-order valence-electron chi connectivity index (χ4n) is 1.90. The first kappa shape index (κ1) is 18.5. The first-order chi connectivity index (χ1) is 11.1. The Morgan fingerprint density at radius 2 is 2.17 bits per heavy atom. The van der Waals surface area contributed by atoms with Crippen molar-refractivity contribution in [2.45, 2.75) is 32.6 Å². The van der Waals surface area contributed by atoms with Crippen molar-refractivity contribution in [1.29, 1.82) is 5.26 Å². The highest BCUT2D eigenvalue weighted by Crippen LogP contribution is 2.26. The van der Waals surface area contributed by atoms with Crippen molar-refractivity contribution in [3.63, 3.8) is 0 Å². The molecule has 0 bridgehead atoms. The Kier molecular flexibility index (Phi) is 8.25. The summed E-state index contributed by atoms with van der Waals surface area (Å²) < 4.78 is 5.14. The first-order valence-electron chi connectivity index (χ1n) is 7.55. The third-order valence-corrected chi connectivity index (χ3v) is 3.19. The van der Waals surface area contributed by atoms with E-state index >= 15 is 0 Å². The number of aliphatic carboxylic acids is 1. The smallest absolute Gasteiger partial charge is 0.346 e. The van der Waals surface area contributed by atoms with Gasteiger partial charge in [0.1, 0.15) is 17.4 Å². The minimum absolute atomic E-state index is 0.358. The van der Waals surface area contributed by atoms with E-state index < -0.39 is 5.97 Å². The van der Waals surface area contributed by atoms with Gasteiger partial charge in [-0.1, -0.05) is 26.2 Å². The average Bonchev–Trinajstić information content (AvgIpc) is 2.56. The Morgan fingerprint density at radius 3 is 2.78 bits per heavy atom. The minimum atomic E-state index is -1.28. The van der Waals surface area contributed by atoms with Crippen LogP contribution in [0.4, 0.5) is 0 Å². The van der Waals surface area contributed by atoms with Crippen LogP contribution in [0.15, 0.2) is 23.8 Å². The van der Waals surface area contributed by atoms with Crippen molar-refractivity contribution < 1.29 is 19.5 Å². The number of benzene rings is 1. The van der Waals surface area contributed by atoms with Crippen LogP contribution in [0, 0.1) is 11.3 Å². The second-order valence-electron chi connectivity index (χ2n) is 4.94. The van der Waals surface area contributed by atoms with Crippen LogP contribution in [0.3, 0.4) is 0 Å². The van der Waals surface area contributed by atoms with Crippen LogP contribution in [-0.2, 0) is 4.79 Å². The zero-order valence-corrected chi connectivity index (χ0v) is 13.5. The van der Waals surface area contributed by atoms with Crippen LogP contribution in [0.1, 0.15) is 38.2 Å². The predicted molar refractivity (Wildman–Crippen MR) is 87.0 cm³/mol. The average molecular weight is 318 g/mol. The van der Waals surface area contributed by atoms with Crippen molar-refractivity contribution in [2.24, 2.45) is 0 Å². The Balaban J connectivity index is 2.82. The summed E-state index contributed by atoms with van der Waals surface area (Å²) in [4.78, 5) is 16.5. The molecule has 0 fully saturated rings. The number of unbranched alkanes of at least 4 members (excludes halogenated alkanes) is 3. The van der Waals surface area contributed by atoms with Gasteiger partial charge in [0.15, 0.2) is 5.75 Å². The van der Waals surface area contributed by atoms with Crippen molar-refractivity contribution >= 4 is 12.0 Å². The van der Waals surface area contributed by atoms with E-state index in [1.54, 1.807) is 24.3 Å². The number of carboxylic acids is 1. The molecule has 0 aliphatic rings. The van der Waals surface area contributed by atoms with Crippen LogP contribution < -0.4 is 15.1 Å². The van der Waals surface area contributed by atoms with Crippen molar-refractivity contribution in [1.82, 2.24) is 5.48 Å². The van der Waals surface area contributed by atoms with Gasteiger partial charge in [-0.3, -0.25) is 0 Å². The number of carboxylic acid groups (broad SMARTS) is 1. The van der Waals surface area contributed by atoms with E-state index in [0.29, 0.717) is 23.6 Å². The molecule has 0 saturated heterocycles. The van der Waals surface area contributed by atoms with Gasteiger partial charge >= 0.3 is 5.97 Å². The number of methoxy groups -OCH3 is 1. The normalized spacial score (nSPS) is 10.9. The van der Waals surface area contributed by atoms with E-state index in [2.05, 4.69) is 12.4 Å². The van der Waals surface area contributed by atoms with Crippen LogP contribution in [0.5, 0.6) is 11.5 Å². The molecule has 124 valence electrons. The molecule has 6 heteroatoms. The number of hydroxylamine groups is 1. The third-order valence-electron chi connectivity index (χ3n) is 3.19. The zero-order chi connectivity index (χ0) is 17.1. The molecule has 1 rings (SSSR count). The standard InChI is InChI=1S/C17H22N2O4/c1-3-4-5-6-9-19-23-16-11-15(22-2)8-7-13(16)10-14(12-18)17(20)21/h7-8,10-11,19H,3-6,9H2,1-2H3,(H,20,21)/b14-10+. The number of nitrogens with one attached hydrogen (secondary N) is 1. The Labute approximate surface area is 136 Å². The molecule has 2 N–H and O–H groups in total. The summed E-state index contributed by atoms with van der Waals surface area (Å²) in [6.45, 7) is 2.83. The van der Waals surface area contributed by atoms with E-state index in [1.165, 1.54) is 19.6 Å². The summed E-state index contributed by atoms with van der Waals surface area (Å²) >= 11 is 0. The van der Waals surface area contributed by atoms with Crippen LogP contribution in [-0.4, -0.2) is 24.7 Å². The monoisotopic (exact) mass is 318 g/mol. The van der Waals surface area contributed by atoms with Crippen molar-refractivity contribution in [3.05, 3.63) is 29.3 Å². The molecule has 6 nitrogen and oxygen atoms in total. The number of nitrogens with zero attached hydrogens (tertiary/aromatic N) is 1. The van der Waals surface area contributed by atoms with Crippen LogP contribution in [0.2, 0.25) is 0 Å². The van der Waals surface area contributed by atoms with Gasteiger partial charge in [0.25, 0.3) is 0 Å². The lowest BCUT2D eigenvalue weighted by Crippen LogP contribution is -2.20. The minimum Gasteiger partial charge on any atom is -0.497 e. The molecule has 0 aromatic heterocycles. The lowest BCUT2D eigenvalue weighted by atomic mass is 10.1. The highest BCUT2D eigenvalue weighted by Gasteiger charge is 2.10. The molecule has 0 aliphatic heterocycles.